The van der Waals surface area contributed by atoms with Crippen LogP contribution in [0.5, 0.6) is 0 Å². The minimum absolute atomic E-state index is 0.00420. The maximum atomic E-state index is 12.9. The molecule has 88 valence electrons. The second-order valence-corrected chi connectivity index (χ2v) is 4.34. The Morgan fingerprint density at radius 2 is 2.18 bits per heavy atom. The summed E-state index contributed by atoms with van der Waals surface area (Å²) in [6.45, 7) is 0. The number of benzene rings is 1. The Kier molecular flexibility index (Phi) is 3.14. The molecule has 1 heterocycles. The van der Waals surface area contributed by atoms with Gasteiger partial charge in [0.2, 0.25) is 0 Å². The van der Waals surface area contributed by atoms with Gasteiger partial charge < -0.3 is 16.0 Å². The number of halogens is 2. The molecule has 0 aliphatic heterocycles. The molecule has 0 radical (unpaired) electrons. The first-order chi connectivity index (χ1) is 8.06. The van der Waals surface area contributed by atoms with Gasteiger partial charge in [-0.1, -0.05) is 0 Å². The molecule has 2 rings (SSSR count). The van der Waals surface area contributed by atoms with Crippen molar-refractivity contribution in [2.75, 3.05) is 11.1 Å². The summed E-state index contributed by atoms with van der Waals surface area (Å²) in [5.74, 6) is -0.827. The van der Waals surface area contributed by atoms with Gasteiger partial charge in [0.05, 0.1) is 5.69 Å². The van der Waals surface area contributed by atoms with Crippen molar-refractivity contribution in [1.29, 1.82) is 0 Å². The predicted molar refractivity (Wildman–Crippen MR) is 67.3 cm³/mol. The van der Waals surface area contributed by atoms with Gasteiger partial charge in [0.25, 0.3) is 5.91 Å². The Morgan fingerprint density at radius 1 is 1.41 bits per heavy atom. The second-order valence-electron chi connectivity index (χ2n) is 3.42. The van der Waals surface area contributed by atoms with Crippen molar-refractivity contribution in [3.05, 3.63) is 46.4 Å². The van der Waals surface area contributed by atoms with E-state index in [0.29, 0.717) is 11.4 Å². The average Bonchev–Trinajstić information content (AvgIpc) is 2.70. The zero-order chi connectivity index (χ0) is 12.4. The molecule has 6 heteroatoms. The van der Waals surface area contributed by atoms with E-state index in [1.165, 1.54) is 18.2 Å². The smallest absolute Gasteiger partial charge is 0.272 e. The van der Waals surface area contributed by atoms with Crippen LogP contribution in [0.1, 0.15) is 10.5 Å². The van der Waals surface area contributed by atoms with E-state index in [1.807, 2.05) is 0 Å². The Labute approximate surface area is 105 Å². The number of aromatic amines is 1. The van der Waals surface area contributed by atoms with Crippen molar-refractivity contribution in [3.63, 3.8) is 0 Å². The third kappa shape index (κ3) is 2.65. The van der Waals surface area contributed by atoms with Crippen LogP contribution >= 0.6 is 15.9 Å². The summed E-state index contributed by atoms with van der Waals surface area (Å²) in [5, 5.41) is 2.60. The van der Waals surface area contributed by atoms with Crippen LogP contribution in [0.4, 0.5) is 15.8 Å². The number of aromatic nitrogens is 1. The molecule has 4 N–H and O–H groups in total. The van der Waals surface area contributed by atoms with E-state index < -0.39 is 5.82 Å². The minimum atomic E-state index is -0.509. The first-order valence-electron chi connectivity index (χ1n) is 4.76. The highest BCUT2D eigenvalue weighted by Gasteiger charge is 2.09. The zero-order valence-electron chi connectivity index (χ0n) is 8.63. The number of amides is 1. The summed E-state index contributed by atoms with van der Waals surface area (Å²) >= 11 is 3.23. The van der Waals surface area contributed by atoms with Crippen LogP contribution in [0, 0.1) is 5.82 Å². The summed E-state index contributed by atoms with van der Waals surface area (Å²) < 4.78 is 13.7. The van der Waals surface area contributed by atoms with Gasteiger partial charge in [-0.25, -0.2) is 4.39 Å². The van der Waals surface area contributed by atoms with Crippen molar-refractivity contribution in [3.8, 4) is 0 Å². The van der Waals surface area contributed by atoms with Crippen molar-refractivity contribution < 1.29 is 9.18 Å². The summed E-state index contributed by atoms with van der Waals surface area (Å²) in [6, 6.07) is 5.66. The van der Waals surface area contributed by atoms with Crippen LogP contribution in [0.25, 0.3) is 0 Å². The standard InChI is InChI=1S/C11H9BrFN3O/c12-6-3-10(15-5-6)11(17)16-7-1-2-8(13)9(14)4-7/h1-5,15H,14H2,(H,16,17). The fourth-order valence-electron chi connectivity index (χ4n) is 1.32. The molecule has 0 bridgehead atoms. The number of hydrogen-bond acceptors (Lipinski definition) is 2. The Morgan fingerprint density at radius 3 is 2.76 bits per heavy atom. The van der Waals surface area contributed by atoms with Gasteiger partial charge in [-0.3, -0.25) is 4.79 Å². The molecule has 1 aromatic heterocycles. The highest BCUT2D eigenvalue weighted by molar-refractivity contribution is 9.10. The second kappa shape index (κ2) is 4.58. The number of carbonyl (C=O) groups excluding carboxylic acids is 1. The van der Waals surface area contributed by atoms with E-state index in [9.17, 15) is 9.18 Å². The zero-order valence-corrected chi connectivity index (χ0v) is 10.2. The molecule has 0 saturated carbocycles. The lowest BCUT2D eigenvalue weighted by Gasteiger charge is -2.05. The molecule has 4 nitrogen and oxygen atoms in total. The Bertz CT molecular complexity index is 568. The van der Waals surface area contributed by atoms with E-state index in [2.05, 4.69) is 26.2 Å². The molecule has 1 aromatic carbocycles. The van der Waals surface area contributed by atoms with E-state index in [1.54, 1.807) is 12.3 Å². The van der Waals surface area contributed by atoms with Crippen molar-refractivity contribution in [2.24, 2.45) is 0 Å². The lowest BCUT2D eigenvalue weighted by Crippen LogP contribution is -2.12. The van der Waals surface area contributed by atoms with Gasteiger partial charge in [0, 0.05) is 16.4 Å². The van der Waals surface area contributed by atoms with Crippen LogP contribution in [-0.4, -0.2) is 10.9 Å². The molecule has 0 aliphatic rings. The SMILES string of the molecule is Nc1cc(NC(=O)c2cc(Br)c[nH]2)ccc1F. The monoisotopic (exact) mass is 297 g/mol. The van der Waals surface area contributed by atoms with E-state index in [-0.39, 0.29) is 11.6 Å². The lowest BCUT2D eigenvalue weighted by atomic mass is 10.2. The third-order valence-electron chi connectivity index (χ3n) is 2.15. The topological polar surface area (TPSA) is 70.9 Å². The third-order valence-corrected chi connectivity index (χ3v) is 2.60. The first-order valence-corrected chi connectivity index (χ1v) is 5.56. The summed E-state index contributed by atoms with van der Waals surface area (Å²) in [4.78, 5) is 14.5. The lowest BCUT2D eigenvalue weighted by molar-refractivity contribution is 0.102. The molecule has 1 amide bonds. The summed E-state index contributed by atoms with van der Waals surface area (Å²) in [5.41, 5.74) is 6.24. The number of carbonyl (C=O) groups is 1. The highest BCUT2D eigenvalue weighted by Crippen LogP contribution is 2.17. The molecule has 0 saturated heterocycles. The molecule has 0 atom stereocenters. The van der Waals surface area contributed by atoms with Crippen LogP contribution in [0.15, 0.2) is 34.9 Å². The van der Waals surface area contributed by atoms with Crippen LogP contribution in [0.3, 0.4) is 0 Å². The predicted octanol–water partition coefficient (Wildman–Crippen LogP) is 2.75. The highest BCUT2D eigenvalue weighted by atomic mass is 79.9. The molecule has 0 aliphatic carbocycles. The Balaban J connectivity index is 2.15. The van der Waals surface area contributed by atoms with Crippen molar-refractivity contribution >= 4 is 33.2 Å². The maximum absolute atomic E-state index is 12.9. The normalized spacial score (nSPS) is 10.2. The number of nitrogen functional groups attached to an aromatic ring is 1. The number of hydrogen-bond donors (Lipinski definition) is 3. The number of rotatable bonds is 2. The number of H-pyrrole nitrogens is 1. The van der Waals surface area contributed by atoms with Gasteiger partial charge in [-0.2, -0.15) is 0 Å². The largest absolute Gasteiger partial charge is 0.396 e. The van der Waals surface area contributed by atoms with Crippen LogP contribution in [-0.2, 0) is 0 Å². The molecule has 17 heavy (non-hydrogen) atoms. The molecule has 0 spiro atoms. The molecule has 0 unspecified atom stereocenters. The quantitative estimate of drug-likeness (QED) is 0.746. The molecular weight excluding hydrogens is 289 g/mol. The van der Waals surface area contributed by atoms with Gasteiger partial charge in [0.15, 0.2) is 0 Å². The fraction of sp³-hybridized carbons (Fsp3) is 0. The van der Waals surface area contributed by atoms with Gasteiger partial charge in [-0.15, -0.1) is 0 Å². The summed E-state index contributed by atoms with van der Waals surface area (Å²) in [7, 11) is 0. The van der Waals surface area contributed by atoms with Gasteiger partial charge in [-0.05, 0) is 40.2 Å². The van der Waals surface area contributed by atoms with Crippen molar-refractivity contribution in [2.45, 2.75) is 0 Å². The van der Waals surface area contributed by atoms with Gasteiger partial charge in [0.1, 0.15) is 11.5 Å². The fourth-order valence-corrected chi connectivity index (χ4v) is 1.66. The minimum Gasteiger partial charge on any atom is -0.396 e. The van der Waals surface area contributed by atoms with Crippen LogP contribution in [0.2, 0.25) is 0 Å². The maximum Gasteiger partial charge on any atom is 0.272 e. The summed E-state index contributed by atoms with van der Waals surface area (Å²) in [6.07, 6.45) is 1.65. The molecular formula is C11H9BrFN3O. The molecule has 0 fully saturated rings. The van der Waals surface area contributed by atoms with Crippen LogP contribution < -0.4 is 11.1 Å². The number of nitrogens with two attached hydrogens (primary N) is 1. The average molecular weight is 298 g/mol. The van der Waals surface area contributed by atoms with E-state index >= 15 is 0 Å². The first kappa shape index (κ1) is 11.7. The van der Waals surface area contributed by atoms with E-state index in [0.717, 1.165) is 4.47 Å². The molecule has 2 aromatic rings. The number of anilines is 2. The Hall–Kier alpha value is -1.82. The number of nitrogens with one attached hydrogen (secondary N) is 2. The van der Waals surface area contributed by atoms with Crippen molar-refractivity contribution in [1.82, 2.24) is 4.98 Å². The van der Waals surface area contributed by atoms with E-state index in [4.69, 9.17) is 5.73 Å². The van der Waals surface area contributed by atoms with Gasteiger partial charge >= 0.3 is 0 Å².